The Morgan fingerprint density at radius 1 is 1.27 bits per heavy atom. The van der Waals surface area contributed by atoms with Crippen molar-refractivity contribution >= 4 is 17.6 Å². The van der Waals surface area contributed by atoms with Crippen LogP contribution in [0.15, 0.2) is 12.1 Å². The Morgan fingerprint density at radius 3 is 2.69 bits per heavy atom. The number of hydrogen-bond donors (Lipinski definition) is 1. The van der Waals surface area contributed by atoms with Crippen molar-refractivity contribution < 1.29 is 19.4 Å². The summed E-state index contributed by atoms with van der Waals surface area (Å²) in [6, 6.07) is 3.95. The number of benzene rings is 1. The average Bonchev–Trinajstić information content (AvgIpc) is 3.19. The van der Waals surface area contributed by atoms with E-state index in [1.807, 2.05) is 12.1 Å². The van der Waals surface area contributed by atoms with Crippen molar-refractivity contribution in [2.45, 2.75) is 83.0 Å². The van der Waals surface area contributed by atoms with Crippen LogP contribution >= 0.6 is 11.6 Å². The number of rotatable bonds is 6. The fourth-order valence-electron chi connectivity index (χ4n) is 5.26. The molecular weight excluding hydrogens is 352 g/mol. The van der Waals surface area contributed by atoms with Crippen LogP contribution in [0.3, 0.4) is 0 Å². The molecular formula is C21H27ClO4. The molecule has 0 saturated heterocycles. The lowest BCUT2D eigenvalue weighted by Crippen LogP contribution is -2.27. The van der Waals surface area contributed by atoms with Crippen molar-refractivity contribution in [2.75, 3.05) is 0 Å². The van der Waals surface area contributed by atoms with Gasteiger partial charge in [0.1, 0.15) is 11.4 Å². The van der Waals surface area contributed by atoms with Gasteiger partial charge in [-0.3, -0.25) is 4.79 Å². The van der Waals surface area contributed by atoms with Gasteiger partial charge in [0.2, 0.25) is 0 Å². The standard InChI is InChI=1S/C21H27ClO4/c1-19(2)11-14-9-16(22)10-15(18(14)26-19)12-25-21-7-5-20(13-21,6-8-21)4-3-17(23)24/h9-10H,3-8,11-13H2,1-2H3,(H,23,24). The van der Waals surface area contributed by atoms with Crippen molar-refractivity contribution in [2.24, 2.45) is 5.41 Å². The molecule has 2 bridgehead atoms. The van der Waals surface area contributed by atoms with Gasteiger partial charge in [-0.15, -0.1) is 0 Å². The number of ether oxygens (including phenoxy) is 2. The first-order chi connectivity index (χ1) is 12.2. The fraction of sp³-hybridized carbons (Fsp3) is 0.667. The van der Waals surface area contributed by atoms with Gasteiger partial charge >= 0.3 is 5.97 Å². The monoisotopic (exact) mass is 378 g/mol. The summed E-state index contributed by atoms with van der Waals surface area (Å²) in [7, 11) is 0. The number of halogens is 1. The van der Waals surface area contributed by atoms with E-state index in [4.69, 9.17) is 26.2 Å². The summed E-state index contributed by atoms with van der Waals surface area (Å²) >= 11 is 6.32. The third kappa shape index (κ3) is 3.34. The zero-order chi connectivity index (χ0) is 18.6. The topological polar surface area (TPSA) is 55.8 Å². The van der Waals surface area contributed by atoms with Gasteiger partial charge in [0, 0.05) is 23.4 Å². The number of aliphatic carboxylic acids is 1. The normalized spacial score (nSPS) is 31.0. The van der Waals surface area contributed by atoms with Crippen LogP contribution in [-0.4, -0.2) is 22.3 Å². The van der Waals surface area contributed by atoms with Crippen molar-refractivity contribution in [1.82, 2.24) is 0 Å². The van der Waals surface area contributed by atoms with Gasteiger partial charge in [0.15, 0.2) is 0 Å². The third-order valence-corrected chi connectivity index (χ3v) is 6.74. The predicted molar refractivity (Wildman–Crippen MR) is 99.8 cm³/mol. The number of carboxylic acid groups (broad SMARTS) is 1. The van der Waals surface area contributed by atoms with Gasteiger partial charge in [-0.2, -0.15) is 0 Å². The molecule has 3 aliphatic rings. The summed E-state index contributed by atoms with van der Waals surface area (Å²) in [5.74, 6) is 0.239. The second-order valence-corrected chi connectivity index (χ2v) is 9.57. The van der Waals surface area contributed by atoms with Crippen LogP contribution in [0, 0.1) is 5.41 Å². The number of carboxylic acids is 1. The van der Waals surface area contributed by atoms with E-state index in [0.717, 1.165) is 66.8 Å². The Bertz CT molecular complexity index is 732. The SMILES string of the molecule is CC1(C)Cc2cc(Cl)cc(COC34CCC(CCC(=O)O)(CC3)C4)c2O1. The van der Waals surface area contributed by atoms with Gasteiger partial charge < -0.3 is 14.6 Å². The van der Waals surface area contributed by atoms with Crippen LogP contribution in [0.1, 0.15) is 69.9 Å². The van der Waals surface area contributed by atoms with Gasteiger partial charge in [-0.1, -0.05) is 11.6 Å². The molecule has 5 heteroatoms. The van der Waals surface area contributed by atoms with Crippen molar-refractivity contribution in [3.63, 3.8) is 0 Å². The Hall–Kier alpha value is -1.26. The maximum Gasteiger partial charge on any atom is 0.303 e. The Balaban J connectivity index is 1.46. The minimum Gasteiger partial charge on any atom is -0.487 e. The van der Waals surface area contributed by atoms with Crippen LogP contribution in [0.4, 0.5) is 0 Å². The van der Waals surface area contributed by atoms with E-state index in [0.29, 0.717) is 6.61 Å². The molecule has 0 radical (unpaired) electrons. The highest BCUT2D eigenvalue weighted by atomic mass is 35.5. The van der Waals surface area contributed by atoms with Crippen LogP contribution in [0.2, 0.25) is 5.02 Å². The molecule has 2 fully saturated rings. The molecule has 4 nitrogen and oxygen atoms in total. The largest absolute Gasteiger partial charge is 0.487 e. The second kappa shape index (κ2) is 6.13. The lowest BCUT2D eigenvalue weighted by atomic mass is 9.80. The molecule has 1 N–H and O–H groups in total. The van der Waals surface area contributed by atoms with E-state index < -0.39 is 5.97 Å². The van der Waals surface area contributed by atoms with Gasteiger partial charge in [-0.05, 0) is 75.5 Å². The molecule has 0 spiro atoms. The van der Waals surface area contributed by atoms with Gasteiger partial charge in [-0.25, -0.2) is 0 Å². The minimum atomic E-state index is -0.695. The summed E-state index contributed by atoms with van der Waals surface area (Å²) in [6.07, 6.45) is 7.11. The maximum absolute atomic E-state index is 11.0. The smallest absolute Gasteiger partial charge is 0.303 e. The van der Waals surface area contributed by atoms with Crippen molar-refractivity contribution in [3.05, 3.63) is 28.3 Å². The first-order valence-corrected chi connectivity index (χ1v) is 9.94. The molecule has 26 heavy (non-hydrogen) atoms. The third-order valence-electron chi connectivity index (χ3n) is 6.52. The van der Waals surface area contributed by atoms with Crippen LogP contribution < -0.4 is 4.74 Å². The van der Waals surface area contributed by atoms with Crippen LogP contribution in [-0.2, 0) is 22.6 Å². The summed E-state index contributed by atoms with van der Waals surface area (Å²) in [5.41, 5.74) is 2.07. The molecule has 0 amide bonds. The quantitative estimate of drug-likeness (QED) is 0.744. The average molecular weight is 379 g/mol. The Labute approximate surface area is 159 Å². The summed E-state index contributed by atoms with van der Waals surface area (Å²) in [4.78, 5) is 11.0. The number of carbonyl (C=O) groups is 1. The lowest BCUT2D eigenvalue weighted by molar-refractivity contribution is -0.137. The summed E-state index contributed by atoms with van der Waals surface area (Å²) < 4.78 is 12.6. The second-order valence-electron chi connectivity index (χ2n) is 9.13. The van der Waals surface area contributed by atoms with E-state index in [9.17, 15) is 4.79 Å². The molecule has 1 heterocycles. The number of hydrogen-bond acceptors (Lipinski definition) is 3. The van der Waals surface area contributed by atoms with Crippen LogP contribution in [0.5, 0.6) is 5.75 Å². The molecule has 0 atom stereocenters. The minimum absolute atomic E-state index is 0.0954. The van der Waals surface area contributed by atoms with Gasteiger partial charge in [0.05, 0.1) is 12.2 Å². The van der Waals surface area contributed by atoms with Crippen molar-refractivity contribution in [1.29, 1.82) is 0 Å². The molecule has 142 valence electrons. The first kappa shape index (κ1) is 18.1. The molecule has 1 aromatic rings. The Morgan fingerprint density at radius 2 is 2.00 bits per heavy atom. The fourth-order valence-corrected chi connectivity index (χ4v) is 5.53. The molecule has 0 unspecified atom stereocenters. The van der Waals surface area contributed by atoms with Crippen LogP contribution in [0.25, 0.3) is 0 Å². The summed E-state index contributed by atoms with van der Waals surface area (Å²) in [6.45, 7) is 4.69. The van der Waals surface area contributed by atoms with Gasteiger partial charge in [0.25, 0.3) is 0 Å². The maximum atomic E-state index is 11.0. The van der Waals surface area contributed by atoms with Crippen molar-refractivity contribution in [3.8, 4) is 5.75 Å². The number of fused-ring (bicyclic) bond motifs is 3. The first-order valence-electron chi connectivity index (χ1n) is 9.56. The van der Waals surface area contributed by atoms with E-state index >= 15 is 0 Å². The molecule has 4 rings (SSSR count). The molecule has 1 aliphatic heterocycles. The van der Waals surface area contributed by atoms with E-state index in [1.54, 1.807) is 0 Å². The van der Waals surface area contributed by atoms with E-state index in [1.165, 1.54) is 0 Å². The molecule has 1 aromatic carbocycles. The lowest BCUT2D eigenvalue weighted by Gasteiger charge is -2.28. The zero-order valence-corrected chi connectivity index (χ0v) is 16.3. The van der Waals surface area contributed by atoms with E-state index in [-0.39, 0.29) is 23.0 Å². The molecule has 0 aromatic heterocycles. The molecule has 2 aliphatic carbocycles. The highest BCUT2D eigenvalue weighted by Crippen LogP contribution is 2.60. The van der Waals surface area contributed by atoms with E-state index in [2.05, 4.69) is 13.8 Å². The predicted octanol–water partition coefficient (Wildman–Crippen LogP) is 5.14. The highest BCUT2D eigenvalue weighted by Gasteiger charge is 2.54. The summed E-state index contributed by atoms with van der Waals surface area (Å²) in [5, 5.41) is 9.75. The zero-order valence-electron chi connectivity index (χ0n) is 15.6. The molecule has 2 saturated carbocycles. The highest BCUT2D eigenvalue weighted by molar-refractivity contribution is 6.30. The Kier molecular flexibility index (Phi) is 4.27.